The fourth-order valence-corrected chi connectivity index (χ4v) is 2.49. The summed E-state index contributed by atoms with van der Waals surface area (Å²) in [4.78, 5) is 8.94. The monoisotopic (exact) mass is 397 g/mol. The molecule has 0 amide bonds. The van der Waals surface area contributed by atoms with Crippen LogP contribution in [0.25, 0.3) is 0 Å². The molecule has 1 heterocycles. The molecule has 0 spiro atoms. The van der Waals surface area contributed by atoms with E-state index in [1.165, 1.54) is 5.56 Å². The molecule has 1 aromatic heterocycles. The molecule has 0 saturated carbocycles. The second kappa shape index (κ2) is 6.68. The van der Waals surface area contributed by atoms with Crippen LogP contribution in [0.2, 0.25) is 0 Å². The van der Waals surface area contributed by atoms with Gasteiger partial charge in [-0.3, -0.25) is 0 Å². The van der Waals surface area contributed by atoms with Crippen molar-refractivity contribution in [2.75, 3.05) is 5.32 Å². The Morgan fingerprint density at radius 2 is 1.65 bits per heavy atom. The topological polar surface area (TPSA) is 37.8 Å². The molecular formula is C15H17Br2N3. The van der Waals surface area contributed by atoms with E-state index >= 15 is 0 Å². The lowest BCUT2D eigenvalue weighted by atomic mass is 10.1. The zero-order valence-corrected chi connectivity index (χ0v) is 14.9. The maximum atomic E-state index is 4.55. The van der Waals surface area contributed by atoms with Crippen molar-refractivity contribution in [1.82, 2.24) is 9.97 Å². The Morgan fingerprint density at radius 3 is 2.25 bits per heavy atom. The summed E-state index contributed by atoms with van der Waals surface area (Å²) in [6.07, 6.45) is 0. The van der Waals surface area contributed by atoms with Crippen molar-refractivity contribution in [3.8, 4) is 0 Å². The summed E-state index contributed by atoms with van der Waals surface area (Å²) in [5, 5.41) is 3.42. The Kier molecular flexibility index (Phi) is 5.16. The lowest BCUT2D eigenvalue weighted by Gasteiger charge is -2.16. The molecule has 0 fully saturated rings. The largest absolute Gasteiger partial charge is 0.363 e. The van der Waals surface area contributed by atoms with Gasteiger partial charge in [-0.05, 0) is 40.5 Å². The average Bonchev–Trinajstić information content (AvgIpc) is 2.38. The third-order valence-electron chi connectivity index (χ3n) is 2.96. The van der Waals surface area contributed by atoms with E-state index in [4.69, 9.17) is 0 Å². The Bertz CT molecular complexity index is 582. The van der Waals surface area contributed by atoms with Crippen LogP contribution >= 0.6 is 31.9 Å². The van der Waals surface area contributed by atoms with E-state index in [2.05, 4.69) is 80.0 Å². The minimum atomic E-state index is 0.185. The summed E-state index contributed by atoms with van der Waals surface area (Å²) < 4.78 is 1.89. The van der Waals surface area contributed by atoms with Crippen LogP contribution in [0.1, 0.15) is 44.1 Å². The summed E-state index contributed by atoms with van der Waals surface area (Å²) in [7, 11) is 0. The van der Waals surface area contributed by atoms with Crippen LogP contribution in [-0.2, 0) is 0 Å². The van der Waals surface area contributed by atoms with Gasteiger partial charge in [-0.25, -0.2) is 9.97 Å². The average molecular weight is 399 g/mol. The van der Waals surface area contributed by atoms with Gasteiger partial charge in [0, 0.05) is 22.5 Å². The third kappa shape index (κ3) is 4.03. The highest BCUT2D eigenvalue weighted by Gasteiger charge is 2.10. The number of aromatic nitrogens is 2. The number of halogens is 2. The first kappa shape index (κ1) is 15.4. The summed E-state index contributed by atoms with van der Waals surface area (Å²) in [6, 6.07) is 10.4. The van der Waals surface area contributed by atoms with Crippen molar-refractivity contribution in [2.24, 2.45) is 0 Å². The number of rotatable bonds is 4. The summed E-state index contributed by atoms with van der Waals surface area (Å²) in [6.45, 7) is 6.29. The van der Waals surface area contributed by atoms with Crippen LogP contribution in [0.3, 0.4) is 0 Å². The van der Waals surface area contributed by atoms with E-state index in [1.807, 2.05) is 18.2 Å². The van der Waals surface area contributed by atoms with Crippen molar-refractivity contribution in [3.05, 3.63) is 50.8 Å². The van der Waals surface area contributed by atoms with Crippen molar-refractivity contribution in [3.63, 3.8) is 0 Å². The van der Waals surface area contributed by atoms with E-state index in [9.17, 15) is 0 Å². The predicted molar refractivity (Wildman–Crippen MR) is 90.0 cm³/mol. The Balaban J connectivity index is 2.18. The molecule has 106 valence electrons. The van der Waals surface area contributed by atoms with Crippen LogP contribution < -0.4 is 5.32 Å². The SMILES string of the molecule is CC(C)c1nc(Br)cc(NC(C)c2ccc(Br)cc2)n1. The number of hydrogen-bond donors (Lipinski definition) is 1. The summed E-state index contributed by atoms with van der Waals surface area (Å²) >= 11 is 6.89. The van der Waals surface area contributed by atoms with Gasteiger partial charge in [0.25, 0.3) is 0 Å². The molecule has 0 aliphatic carbocycles. The first-order valence-electron chi connectivity index (χ1n) is 6.52. The highest BCUT2D eigenvalue weighted by molar-refractivity contribution is 9.10. The Labute approximate surface area is 136 Å². The fraction of sp³-hybridized carbons (Fsp3) is 0.333. The van der Waals surface area contributed by atoms with Crippen LogP contribution in [0.15, 0.2) is 39.4 Å². The molecule has 0 radical (unpaired) electrons. The van der Waals surface area contributed by atoms with Gasteiger partial charge >= 0.3 is 0 Å². The molecule has 1 N–H and O–H groups in total. The molecule has 5 heteroatoms. The van der Waals surface area contributed by atoms with Crippen LogP contribution in [-0.4, -0.2) is 9.97 Å². The molecule has 0 aliphatic heterocycles. The van der Waals surface area contributed by atoms with E-state index in [1.54, 1.807) is 0 Å². The molecule has 1 unspecified atom stereocenters. The molecule has 3 nitrogen and oxygen atoms in total. The first-order chi connectivity index (χ1) is 9.45. The number of nitrogens with zero attached hydrogens (tertiary/aromatic N) is 2. The molecule has 2 rings (SSSR count). The van der Waals surface area contributed by atoms with Gasteiger partial charge in [0.2, 0.25) is 0 Å². The van der Waals surface area contributed by atoms with E-state index in [0.29, 0.717) is 5.92 Å². The number of benzene rings is 1. The van der Waals surface area contributed by atoms with Gasteiger partial charge in [-0.15, -0.1) is 0 Å². The predicted octanol–water partition coefficient (Wildman–Crippen LogP) is 5.30. The second-order valence-corrected chi connectivity index (χ2v) is 6.73. The third-order valence-corrected chi connectivity index (χ3v) is 3.90. The molecule has 0 bridgehead atoms. The highest BCUT2D eigenvalue weighted by atomic mass is 79.9. The Hall–Kier alpha value is -0.940. The normalized spacial score (nSPS) is 12.5. The zero-order valence-electron chi connectivity index (χ0n) is 11.7. The minimum absolute atomic E-state index is 0.185. The second-order valence-electron chi connectivity index (χ2n) is 5.01. The Morgan fingerprint density at radius 1 is 1.00 bits per heavy atom. The summed E-state index contributed by atoms with van der Waals surface area (Å²) in [5.41, 5.74) is 1.22. The molecule has 0 saturated heterocycles. The summed E-state index contributed by atoms with van der Waals surface area (Å²) in [5.74, 6) is 1.98. The molecule has 1 aromatic carbocycles. The molecule has 0 aliphatic rings. The molecule has 2 aromatic rings. The quantitative estimate of drug-likeness (QED) is 0.710. The van der Waals surface area contributed by atoms with Gasteiger partial charge in [-0.1, -0.05) is 41.9 Å². The maximum Gasteiger partial charge on any atom is 0.134 e. The van der Waals surface area contributed by atoms with Crippen molar-refractivity contribution in [1.29, 1.82) is 0 Å². The molecule has 1 atom stereocenters. The number of hydrogen-bond acceptors (Lipinski definition) is 3. The maximum absolute atomic E-state index is 4.55. The van der Waals surface area contributed by atoms with E-state index in [-0.39, 0.29) is 6.04 Å². The molecular weight excluding hydrogens is 382 g/mol. The van der Waals surface area contributed by atoms with Crippen molar-refractivity contribution in [2.45, 2.75) is 32.7 Å². The fourth-order valence-electron chi connectivity index (χ4n) is 1.82. The van der Waals surface area contributed by atoms with Crippen LogP contribution in [0.5, 0.6) is 0 Å². The number of anilines is 1. The van der Waals surface area contributed by atoms with Crippen molar-refractivity contribution >= 4 is 37.7 Å². The lowest BCUT2D eigenvalue weighted by Crippen LogP contribution is -2.10. The van der Waals surface area contributed by atoms with Gasteiger partial charge in [0.15, 0.2) is 0 Å². The van der Waals surface area contributed by atoms with Gasteiger partial charge < -0.3 is 5.32 Å². The zero-order chi connectivity index (χ0) is 14.7. The standard InChI is InChI=1S/C15H17Br2N3/c1-9(2)15-19-13(17)8-14(20-15)18-10(3)11-4-6-12(16)7-5-11/h4-10H,1-3H3,(H,18,19,20). The van der Waals surface area contributed by atoms with Gasteiger partial charge in [0.05, 0.1) is 0 Å². The van der Waals surface area contributed by atoms with Crippen LogP contribution in [0, 0.1) is 0 Å². The highest BCUT2D eigenvalue weighted by Crippen LogP contribution is 2.23. The smallest absolute Gasteiger partial charge is 0.134 e. The van der Waals surface area contributed by atoms with E-state index < -0.39 is 0 Å². The minimum Gasteiger partial charge on any atom is -0.363 e. The number of nitrogens with one attached hydrogen (secondary N) is 1. The van der Waals surface area contributed by atoms with Gasteiger partial charge in [-0.2, -0.15) is 0 Å². The van der Waals surface area contributed by atoms with Gasteiger partial charge in [0.1, 0.15) is 16.2 Å². The lowest BCUT2D eigenvalue weighted by molar-refractivity contribution is 0.763. The van der Waals surface area contributed by atoms with Crippen molar-refractivity contribution < 1.29 is 0 Å². The van der Waals surface area contributed by atoms with Crippen LogP contribution in [0.4, 0.5) is 5.82 Å². The molecule has 20 heavy (non-hydrogen) atoms. The first-order valence-corrected chi connectivity index (χ1v) is 8.11. The van der Waals surface area contributed by atoms with E-state index in [0.717, 1.165) is 20.7 Å².